The van der Waals surface area contributed by atoms with Gasteiger partial charge < -0.3 is 14.7 Å². The van der Waals surface area contributed by atoms with Crippen molar-refractivity contribution in [2.75, 3.05) is 18.0 Å². The highest BCUT2D eigenvalue weighted by atomic mass is 19.1. The van der Waals surface area contributed by atoms with E-state index in [1.54, 1.807) is 18.3 Å². The van der Waals surface area contributed by atoms with Gasteiger partial charge in [-0.25, -0.2) is 9.37 Å². The minimum atomic E-state index is -0.442. The number of nitrogens with zero attached hydrogens (tertiary/aromatic N) is 4. The van der Waals surface area contributed by atoms with Gasteiger partial charge >= 0.3 is 0 Å². The molecule has 1 atom stereocenters. The number of H-pyrrole nitrogens is 1. The van der Waals surface area contributed by atoms with E-state index in [4.69, 9.17) is 4.52 Å². The van der Waals surface area contributed by atoms with Gasteiger partial charge in [0.1, 0.15) is 11.6 Å². The Morgan fingerprint density at radius 1 is 1.28 bits per heavy atom. The second-order valence-corrected chi connectivity index (χ2v) is 10.9. The third-order valence-corrected chi connectivity index (χ3v) is 7.03. The minimum absolute atomic E-state index is 0.00394. The van der Waals surface area contributed by atoms with Crippen LogP contribution in [0, 0.1) is 11.7 Å². The van der Waals surface area contributed by atoms with E-state index < -0.39 is 11.7 Å². The molecule has 1 fully saturated rings. The van der Waals surface area contributed by atoms with E-state index in [9.17, 15) is 9.59 Å². The number of allylic oxidation sites excluding steroid dienone is 1. The average Bonchev–Trinajstić information content (AvgIpc) is 3.66. The van der Waals surface area contributed by atoms with Crippen LogP contribution in [0.4, 0.5) is 10.2 Å². The molecule has 1 aromatic carbocycles. The quantitative estimate of drug-likeness (QED) is 0.310. The molecule has 9 nitrogen and oxygen atoms in total. The van der Waals surface area contributed by atoms with Gasteiger partial charge in [0.15, 0.2) is 22.9 Å². The van der Waals surface area contributed by atoms with Gasteiger partial charge in [0, 0.05) is 49.3 Å². The molecule has 0 radical (unpaired) electrons. The normalized spacial score (nSPS) is 15.6. The fourth-order valence-corrected chi connectivity index (χ4v) is 4.82. The monoisotopic (exact) mass is 530 g/mol. The maximum atomic E-state index is 15.2. The van der Waals surface area contributed by atoms with E-state index in [1.807, 2.05) is 32.9 Å². The Hall–Kier alpha value is -4.34. The molecule has 0 spiro atoms. The van der Waals surface area contributed by atoms with Gasteiger partial charge in [0.2, 0.25) is 0 Å². The number of fused-ring (bicyclic) bond motifs is 1. The molecule has 1 aliphatic heterocycles. The lowest BCUT2D eigenvalue weighted by Crippen LogP contribution is -2.23. The lowest BCUT2D eigenvalue weighted by Gasteiger charge is -2.17. The highest BCUT2D eigenvalue weighted by molar-refractivity contribution is 6.01. The smallest absolute Gasteiger partial charge is 0.273 e. The van der Waals surface area contributed by atoms with E-state index in [2.05, 4.69) is 37.1 Å². The van der Waals surface area contributed by atoms with E-state index in [1.165, 1.54) is 12.1 Å². The predicted molar refractivity (Wildman–Crippen MR) is 146 cm³/mol. The van der Waals surface area contributed by atoms with Crippen molar-refractivity contribution < 1.29 is 18.5 Å². The molecular weight excluding hydrogens is 499 g/mol. The summed E-state index contributed by atoms with van der Waals surface area (Å²) >= 11 is 0. The Morgan fingerprint density at radius 2 is 2.10 bits per heavy atom. The number of amides is 1. The van der Waals surface area contributed by atoms with Crippen LogP contribution in [0.25, 0.3) is 22.2 Å². The van der Waals surface area contributed by atoms with Crippen molar-refractivity contribution >= 4 is 28.5 Å². The molecule has 0 aliphatic carbocycles. The second kappa shape index (κ2) is 10.4. The van der Waals surface area contributed by atoms with Crippen LogP contribution in [0.15, 0.2) is 53.7 Å². The third kappa shape index (κ3) is 5.45. The highest BCUT2D eigenvalue weighted by Gasteiger charge is 2.28. The van der Waals surface area contributed by atoms with Crippen molar-refractivity contribution in [3.05, 3.63) is 72.0 Å². The molecule has 1 amide bonds. The van der Waals surface area contributed by atoms with Crippen molar-refractivity contribution in [3.63, 3.8) is 0 Å². The number of aromatic amines is 1. The number of carbonyl (C=O) groups is 2. The number of pyridine rings is 1. The molecule has 202 valence electrons. The predicted octanol–water partition coefficient (Wildman–Crippen LogP) is 4.95. The van der Waals surface area contributed by atoms with Crippen LogP contribution in [0.1, 0.15) is 55.4 Å². The number of rotatable bonds is 8. The Balaban J connectivity index is 1.34. The van der Waals surface area contributed by atoms with Crippen molar-refractivity contribution in [1.82, 2.24) is 25.7 Å². The molecule has 2 N–H and O–H groups in total. The van der Waals surface area contributed by atoms with Gasteiger partial charge in [-0.2, -0.15) is 5.10 Å². The summed E-state index contributed by atoms with van der Waals surface area (Å²) in [6, 6.07) is 8.37. The van der Waals surface area contributed by atoms with E-state index >= 15 is 4.39 Å². The number of nitrogens with one attached hydrogen (secondary N) is 2. The molecule has 3 aromatic heterocycles. The molecule has 1 aliphatic rings. The first-order valence-electron chi connectivity index (χ1n) is 12.9. The summed E-state index contributed by atoms with van der Waals surface area (Å²) in [6.45, 7) is 10.9. The van der Waals surface area contributed by atoms with Crippen LogP contribution in [0.3, 0.4) is 0 Å². The number of ketones is 1. The lowest BCUT2D eigenvalue weighted by molar-refractivity contribution is -0.115. The minimum Gasteiger partial charge on any atom is -0.360 e. The van der Waals surface area contributed by atoms with E-state index in [0.717, 1.165) is 29.7 Å². The van der Waals surface area contributed by atoms with Gasteiger partial charge in [0.05, 0.1) is 5.39 Å². The summed E-state index contributed by atoms with van der Waals surface area (Å²) in [4.78, 5) is 30.9. The molecular formula is C29H31FN6O3. The zero-order valence-electron chi connectivity index (χ0n) is 22.3. The van der Waals surface area contributed by atoms with Crippen LogP contribution in [-0.4, -0.2) is 45.1 Å². The van der Waals surface area contributed by atoms with Crippen molar-refractivity contribution in [2.24, 2.45) is 5.92 Å². The Kier molecular flexibility index (Phi) is 7.03. The first kappa shape index (κ1) is 26.3. The number of anilines is 1. The van der Waals surface area contributed by atoms with E-state index in [0.29, 0.717) is 35.5 Å². The van der Waals surface area contributed by atoms with E-state index in [-0.39, 0.29) is 29.4 Å². The van der Waals surface area contributed by atoms with Crippen molar-refractivity contribution in [3.8, 4) is 11.1 Å². The maximum absolute atomic E-state index is 15.2. The zero-order valence-corrected chi connectivity index (χ0v) is 22.3. The van der Waals surface area contributed by atoms with Crippen LogP contribution in [0.2, 0.25) is 0 Å². The molecule has 10 heteroatoms. The summed E-state index contributed by atoms with van der Waals surface area (Å²) in [5.74, 6) is 0.726. The largest absolute Gasteiger partial charge is 0.360 e. The first-order chi connectivity index (χ1) is 18.6. The fourth-order valence-electron chi connectivity index (χ4n) is 4.82. The molecule has 0 bridgehead atoms. The van der Waals surface area contributed by atoms with Crippen molar-refractivity contribution in [2.45, 2.75) is 45.6 Å². The average molecular weight is 531 g/mol. The molecule has 4 heterocycles. The Labute approximate surface area is 225 Å². The number of hydrogen-bond donors (Lipinski definition) is 2. The van der Waals surface area contributed by atoms with Crippen LogP contribution < -0.4 is 10.2 Å². The Bertz CT molecular complexity index is 1550. The number of benzene rings is 1. The summed E-state index contributed by atoms with van der Waals surface area (Å²) in [5, 5.41) is 14.8. The van der Waals surface area contributed by atoms with Gasteiger partial charge in [-0.1, -0.05) is 44.6 Å². The topological polar surface area (TPSA) is 117 Å². The highest BCUT2D eigenvalue weighted by Crippen LogP contribution is 2.36. The summed E-state index contributed by atoms with van der Waals surface area (Å²) in [5.41, 5.74) is 2.29. The molecule has 5 rings (SSSR count). The lowest BCUT2D eigenvalue weighted by atomic mass is 9.93. The zero-order chi connectivity index (χ0) is 27.7. The second-order valence-electron chi connectivity index (χ2n) is 10.9. The third-order valence-electron chi connectivity index (χ3n) is 7.03. The van der Waals surface area contributed by atoms with Gasteiger partial charge in [0.25, 0.3) is 5.91 Å². The SMILES string of the molecule is C=CC(=O)C[C@@H]1CCN(c2n[nH]c3nccc(-c4ccc(CNC(=O)c5cc(C(C)(C)C)on5)c(F)c4)c23)C1. The fraction of sp³-hybridized carbons (Fsp3) is 0.345. The number of hydrogen-bond acceptors (Lipinski definition) is 7. The molecule has 1 saturated heterocycles. The Morgan fingerprint density at radius 3 is 2.82 bits per heavy atom. The van der Waals surface area contributed by atoms with Gasteiger partial charge in [-0.05, 0) is 41.7 Å². The molecule has 39 heavy (non-hydrogen) atoms. The summed E-state index contributed by atoms with van der Waals surface area (Å²) in [7, 11) is 0. The standard InChI is InChI=1S/C29H31FN6O3/c1-5-20(37)12-17-9-11-36(16-17)27-25-21(8-10-31-26(25)33-34-27)18-6-7-19(22(30)13-18)15-32-28(38)23-14-24(39-35-23)29(2,3)4/h5-8,10,13-14,17H,1,9,11-12,15-16H2,2-4H3,(H,32,38)(H,31,33,34)/t17-/m0/s1. The number of carbonyl (C=O) groups excluding carboxylic acids is 2. The summed E-state index contributed by atoms with van der Waals surface area (Å²) in [6.07, 6.45) is 4.37. The van der Waals surface area contributed by atoms with Crippen LogP contribution >= 0.6 is 0 Å². The van der Waals surface area contributed by atoms with Crippen molar-refractivity contribution in [1.29, 1.82) is 0 Å². The first-order valence-corrected chi connectivity index (χ1v) is 12.9. The molecule has 4 aromatic rings. The van der Waals surface area contributed by atoms with Gasteiger partial charge in [-0.15, -0.1) is 0 Å². The number of aromatic nitrogens is 4. The molecule has 0 unspecified atom stereocenters. The molecule has 0 saturated carbocycles. The van der Waals surface area contributed by atoms with Gasteiger partial charge in [-0.3, -0.25) is 14.7 Å². The van der Waals surface area contributed by atoms with Crippen LogP contribution in [0.5, 0.6) is 0 Å². The maximum Gasteiger partial charge on any atom is 0.273 e. The summed E-state index contributed by atoms with van der Waals surface area (Å²) < 4.78 is 20.5. The van der Waals surface area contributed by atoms with Crippen LogP contribution in [-0.2, 0) is 16.8 Å². The number of halogens is 1.